The van der Waals surface area contributed by atoms with Gasteiger partial charge in [0.25, 0.3) is 0 Å². The van der Waals surface area contributed by atoms with E-state index in [1.54, 1.807) is 14.2 Å². The summed E-state index contributed by atoms with van der Waals surface area (Å²) in [5.74, 6) is 2.87. The number of piperazine rings is 1. The van der Waals surface area contributed by atoms with Crippen LogP contribution in [0.25, 0.3) is 0 Å². The molecule has 1 aliphatic heterocycles. The Morgan fingerprint density at radius 3 is 2.56 bits per heavy atom. The maximum Gasteiger partial charge on any atom is 0.194 e. The molecule has 0 aliphatic carbocycles. The fraction of sp³-hybridized carbons (Fsp3) is 0.650. The molecule has 0 amide bonds. The Labute approximate surface area is 163 Å². The fourth-order valence-corrected chi connectivity index (χ4v) is 3.09. The van der Waals surface area contributed by atoms with Crippen LogP contribution < -0.4 is 14.8 Å². The largest absolute Gasteiger partial charge is 0.497 e. The van der Waals surface area contributed by atoms with Crippen LogP contribution in [0.1, 0.15) is 19.4 Å². The van der Waals surface area contributed by atoms with Crippen molar-refractivity contribution in [3.63, 3.8) is 0 Å². The number of benzene rings is 1. The van der Waals surface area contributed by atoms with E-state index in [1.165, 1.54) is 0 Å². The Morgan fingerprint density at radius 2 is 1.96 bits per heavy atom. The maximum absolute atomic E-state index is 9.21. The van der Waals surface area contributed by atoms with Crippen LogP contribution >= 0.6 is 0 Å². The summed E-state index contributed by atoms with van der Waals surface area (Å²) in [6.45, 7) is 10.3. The fourth-order valence-electron chi connectivity index (χ4n) is 3.09. The van der Waals surface area contributed by atoms with Crippen LogP contribution in [-0.2, 0) is 6.54 Å². The molecule has 1 unspecified atom stereocenters. The molecule has 1 aromatic carbocycles. The van der Waals surface area contributed by atoms with Gasteiger partial charge in [0.05, 0.1) is 14.2 Å². The molecule has 1 atom stereocenters. The van der Waals surface area contributed by atoms with Gasteiger partial charge in [-0.25, -0.2) is 0 Å². The number of aliphatic hydroxyl groups is 1. The van der Waals surface area contributed by atoms with Crippen molar-refractivity contribution in [3.05, 3.63) is 23.8 Å². The smallest absolute Gasteiger partial charge is 0.194 e. The number of nitrogens with one attached hydrogen (secondary N) is 1. The summed E-state index contributed by atoms with van der Waals surface area (Å²) in [7, 11) is 3.39. The van der Waals surface area contributed by atoms with E-state index < -0.39 is 0 Å². The molecule has 152 valence electrons. The summed E-state index contributed by atoms with van der Waals surface area (Å²) in [5, 5.41) is 12.6. The number of methoxy groups -OCH3 is 2. The zero-order valence-corrected chi connectivity index (χ0v) is 17.1. The van der Waals surface area contributed by atoms with Crippen LogP contribution in [0.15, 0.2) is 23.2 Å². The number of hydrogen-bond donors (Lipinski definition) is 2. The molecule has 2 rings (SSSR count). The Bertz CT molecular complexity index is 601. The number of rotatable bonds is 8. The molecule has 27 heavy (non-hydrogen) atoms. The highest BCUT2D eigenvalue weighted by molar-refractivity contribution is 5.80. The molecular weight excluding hydrogens is 344 g/mol. The maximum atomic E-state index is 9.21. The van der Waals surface area contributed by atoms with E-state index in [2.05, 4.69) is 27.0 Å². The lowest BCUT2D eigenvalue weighted by Gasteiger charge is -2.36. The number of hydrogen-bond acceptors (Lipinski definition) is 5. The first-order valence-electron chi connectivity index (χ1n) is 9.68. The van der Waals surface area contributed by atoms with Crippen molar-refractivity contribution < 1.29 is 14.6 Å². The van der Waals surface area contributed by atoms with Crippen molar-refractivity contribution in [3.8, 4) is 11.5 Å². The van der Waals surface area contributed by atoms with Crippen molar-refractivity contribution in [2.45, 2.75) is 20.4 Å². The lowest BCUT2D eigenvalue weighted by atomic mass is 10.1. The summed E-state index contributed by atoms with van der Waals surface area (Å²) in [6.07, 6.45) is 0. The summed E-state index contributed by atoms with van der Waals surface area (Å²) in [6, 6.07) is 5.93. The SMILES string of the molecule is CCNC(=NCC(C)CO)N1CCN(Cc2cc(OC)ccc2OC)CC1. The third-order valence-electron chi connectivity index (χ3n) is 4.75. The standard InChI is InChI=1S/C20H34N4O3/c1-5-21-20(22-13-16(2)15-25)24-10-8-23(9-11-24)14-17-12-18(26-3)6-7-19(17)27-4/h6-7,12,16,25H,5,8-11,13-15H2,1-4H3,(H,21,22). The van der Waals surface area contributed by atoms with E-state index in [9.17, 15) is 5.11 Å². The van der Waals surface area contributed by atoms with Gasteiger partial charge in [0.2, 0.25) is 0 Å². The number of ether oxygens (including phenoxy) is 2. The molecule has 1 fully saturated rings. The van der Waals surface area contributed by atoms with Gasteiger partial charge in [-0.05, 0) is 31.0 Å². The minimum absolute atomic E-state index is 0.166. The number of nitrogens with zero attached hydrogens (tertiary/aromatic N) is 3. The van der Waals surface area contributed by atoms with Gasteiger partial charge < -0.3 is 24.8 Å². The third-order valence-corrected chi connectivity index (χ3v) is 4.75. The molecule has 0 spiro atoms. The zero-order chi connectivity index (χ0) is 19.6. The van der Waals surface area contributed by atoms with Crippen LogP contribution in [0, 0.1) is 5.92 Å². The van der Waals surface area contributed by atoms with E-state index in [0.717, 1.165) is 62.3 Å². The van der Waals surface area contributed by atoms with Crippen molar-refractivity contribution in [1.29, 1.82) is 0 Å². The van der Waals surface area contributed by atoms with Gasteiger partial charge in [-0.15, -0.1) is 0 Å². The quantitative estimate of drug-likeness (QED) is 0.527. The molecular formula is C20H34N4O3. The molecule has 1 aromatic rings. The Morgan fingerprint density at radius 1 is 1.22 bits per heavy atom. The first-order valence-corrected chi connectivity index (χ1v) is 9.68. The summed E-state index contributed by atoms with van der Waals surface area (Å²) in [5.41, 5.74) is 1.14. The molecule has 0 bridgehead atoms. The predicted octanol–water partition coefficient (Wildman–Crippen LogP) is 1.42. The zero-order valence-electron chi connectivity index (χ0n) is 17.1. The van der Waals surface area contributed by atoms with Gasteiger partial charge >= 0.3 is 0 Å². The number of aliphatic hydroxyl groups excluding tert-OH is 1. The monoisotopic (exact) mass is 378 g/mol. The highest BCUT2D eigenvalue weighted by atomic mass is 16.5. The van der Waals surface area contributed by atoms with Crippen LogP contribution in [0.5, 0.6) is 11.5 Å². The van der Waals surface area contributed by atoms with Gasteiger partial charge in [-0.2, -0.15) is 0 Å². The molecule has 0 radical (unpaired) electrons. The average Bonchev–Trinajstić information content (AvgIpc) is 2.71. The molecule has 2 N–H and O–H groups in total. The van der Waals surface area contributed by atoms with E-state index in [0.29, 0.717) is 6.54 Å². The van der Waals surface area contributed by atoms with E-state index in [1.807, 2.05) is 25.1 Å². The second kappa shape index (κ2) is 11.0. The second-order valence-electron chi connectivity index (χ2n) is 6.92. The highest BCUT2D eigenvalue weighted by Gasteiger charge is 2.21. The number of aliphatic imine (C=N–C) groups is 1. The van der Waals surface area contributed by atoms with Gasteiger partial charge in [-0.3, -0.25) is 9.89 Å². The summed E-state index contributed by atoms with van der Waals surface area (Å²) >= 11 is 0. The molecule has 0 saturated carbocycles. The minimum atomic E-state index is 0.166. The molecule has 1 heterocycles. The van der Waals surface area contributed by atoms with E-state index >= 15 is 0 Å². The third kappa shape index (κ3) is 6.29. The van der Waals surface area contributed by atoms with E-state index in [4.69, 9.17) is 9.47 Å². The summed E-state index contributed by atoms with van der Waals surface area (Å²) in [4.78, 5) is 9.41. The Balaban J connectivity index is 1.96. The lowest BCUT2D eigenvalue weighted by molar-refractivity contribution is 0.170. The van der Waals surface area contributed by atoms with Crippen molar-refractivity contribution >= 4 is 5.96 Å². The molecule has 1 aliphatic rings. The highest BCUT2D eigenvalue weighted by Crippen LogP contribution is 2.25. The van der Waals surface area contributed by atoms with Crippen LogP contribution in [0.4, 0.5) is 0 Å². The van der Waals surface area contributed by atoms with Gasteiger partial charge in [0.15, 0.2) is 5.96 Å². The molecule has 0 aromatic heterocycles. The first kappa shape index (κ1) is 21.3. The normalized spacial score (nSPS) is 16.9. The Hall–Kier alpha value is -1.99. The van der Waals surface area contributed by atoms with Crippen LogP contribution in [0.2, 0.25) is 0 Å². The van der Waals surface area contributed by atoms with Gasteiger partial charge in [0.1, 0.15) is 11.5 Å². The molecule has 7 nitrogen and oxygen atoms in total. The average molecular weight is 379 g/mol. The molecule has 1 saturated heterocycles. The first-order chi connectivity index (χ1) is 13.1. The van der Waals surface area contributed by atoms with Crippen LogP contribution in [0.3, 0.4) is 0 Å². The van der Waals surface area contributed by atoms with Crippen LogP contribution in [-0.4, -0.2) is 81.0 Å². The topological polar surface area (TPSA) is 69.6 Å². The predicted molar refractivity (Wildman–Crippen MR) is 109 cm³/mol. The summed E-state index contributed by atoms with van der Waals surface area (Å²) < 4.78 is 10.9. The van der Waals surface area contributed by atoms with Crippen molar-refractivity contribution in [2.75, 3.05) is 60.1 Å². The van der Waals surface area contributed by atoms with Gasteiger partial charge in [0, 0.05) is 58.0 Å². The Kier molecular flexibility index (Phi) is 8.67. The lowest BCUT2D eigenvalue weighted by Crippen LogP contribution is -2.52. The van der Waals surface area contributed by atoms with E-state index in [-0.39, 0.29) is 12.5 Å². The van der Waals surface area contributed by atoms with Crippen molar-refractivity contribution in [1.82, 2.24) is 15.1 Å². The minimum Gasteiger partial charge on any atom is -0.497 e. The molecule has 7 heteroatoms. The van der Waals surface area contributed by atoms with Crippen molar-refractivity contribution in [2.24, 2.45) is 10.9 Å². The van der Waals surface area contributed by atoms with Gasteiger partial charge in [-0.1, -0.05) is 6.92 Å². The second-order valence-corrected chi connectivity index (χ2v) is 6.92. The number of guanidine groups is 1.